The number of carbonyl (C=O) groups is 1. The average Bonchev–Trinajstić information content (AvgIpc) is 2.87. The van der Waals surface area contributed by atoms with Crippen molar-refractivity contribution >= 4 is 17.5 Å². The fourth-order valence-corrected chi connectivity index (χ4v) is 2.85. The molecule has 4 heteroatoms. The summed E-state index contributed by atoms with van der Waals surface area (Å²) in [6, 6.07) is 3.45. The number of nitrogens with one attached hydrogen (secondary N) is 1. The molecule has 3 unspecified atom stereocenters. The normalized spacial score (nSPS) is 28.3. The van der Waals surface area contributed by atoms with Crippen LogP contribution in [0.2, 0.25) is 5.22 Å². The van der Waals surface area contributed by atoms with Crippen LogP contribution in [0.15, 0.2) is 16.5 Å². The van der Waals surface area contributed by atoms with Crippen LogP contribution >= 0.6 is 11.6 Å². The molecule has 1 amide bonds. The molecule has 1 fully saturated rings. The number of halogens is 1. The summed E-state index contributed by atoms with van der Waals surface area (Å²) in [5, 5.41) is 3.28. The van der Waals surface area contributed by atoms with Gasteiger partial charge in [0, 0.05) is 6.04 Å². The smallest absolute Gasteiger partial charge is 0.287 e. The predicted molar refractivity (Wildman–Crippen MR) is 67.2 cm³/mol. The van der Waals surface area contributed by atoms with Gasteiger partial charge in [-0.1, -0.05) is 20.3 Å². The first kappa shape index (κ1) is 12.5. The van der Waals surface area contributed by atoms with E-state index in [1.165, 1.54) is 12.8 Å². The maximum atomic E-state index is 11.9. The highest BCUT2D eigenvalue weighted by molar-refractivity contribution is 6.29. The van der Waals surface area contributed by atoms with E-state index in [-0.39, 0.29) is 17.2 Å². The second kappa shape index (κ2) is 5.13. The summed E-state index contributed by atoms with van der Waals surface area (Å²) in [5.41, 5.74) is 0. The zero-order chi connectivity index (χ0) is 12.4. The first-order valence-corrected chi connectivity index (χ1v) is 6.55. The minimum Gasteiger partial charge on any atom is -0.440 e. The van der Waals surface area contributed by atoms with Crippen LogP contribution in [0.4, 0.5) is 0 Å². The molecule has 0 saturated heterocycles. The van der Waals surface area contributed by atoms with Crippen molar-refractivity contribution in [3.05, 3.63) is 23.1 Å². The van der Waals surface area contributed by atoms with Crippen molar-refractivity contribution in [1.82, 2.24) is 5.32 Å². The quantitative estimate of drug-likeness (QED) is 0.898. The third kappa shape index (κ3) is 2.65. The van der Waals surface area contributed by atoms with Crippen LogP contribution in [0.25, 0.3) is 0 Å². The van der Waals surface area contributed by atoms with Crippen molar-refractivity contribution in [2.24, 2.45) is 11.8 Å². The number of hydrogen-bond donors (Lipinski definition) is 1. The summed E-state index contributed by atoms with van der Waals surface area (Å²) in [6.07, 6.45) is 3.43. The standard InChI is InChI=1S/C13H18ClNO2/c1-3-9-4-5-10(8(9)2)15-13(16)11-6-7-12(14)17-11/h6-10H,3-5H2,1-2H3,(H,15,16). The molecular weight excluding hydrogens is 238 g/mol. The molecule has 3 nitrogen and oxygen atoms in total. The molecule has 1 aliphatic carbocycles. The maximum Gasteiger partial charge on any atom is 0.287 e. The van der Waals surface area contributed by atoms with Crippen LogP contribution < -0.4 is 5.32 Å². The summed E-state index contributed by atoms with van der Waals surface area (Å²) in [6.45, 7) is 4.42. The van der Waals surface area contributed by atoms with Crippen LogP contribution in [0.3, 0.4) is 0 Å². The molecule has 0 aromatic carbocycles. The number of rotatable bonds is 3. The lowest BCUT2D eigenvalue weighted by atomic mass is 9.93. The van der Waals surface area contributed by atoms with Crippen molar-refractivity contribution in [3.63, 3.8) is 0 Å². The van der Waals surface area contributed by atoms with Gasteiger partial charge < -0.3 is 9.73 Å². The second-order valence-corrected chi connectivity index (χ2v) is 5.16. The molecule has 3 atom stereocenters. The van der Waals surface area contributed by atoms with E-state index in [4.69, 9.17) is 16.0 Å². The van der Waals surface area contributed by atoms with E-state index in [1.807, 2.05) is 0 Å². The van der Waals surface area contributed by atoms with E-state index in [9.17, 15) is 4.79 Å². The van der Waals surface area contributed by atoms with E-state index < -0.39 is 0 Å². The number of carbonyl (C=O) groups excluding carboxylic acids is 1. The lowest BCUT2D eigenvalue weighted by molar-refractivity contribution is 0.0898. The Bertz CT molecular complexity index is 402. The van der Waals surface area contributed by atoms with Crippen molar-refractivity contribution < 1.29 is 9.21 Å². The lowest BCUT2D eigenvalue weighted by Gasteiger charge is -2.20. The Morgan fingerprint density at radius 1 is 1.53 bits per heavy atom. The highest BCUT2D eigenvalue weighted by Gasteiger charge is 2.32. The van der Waals surface area contributed by atoms with Crippen molar-refractivity contribution in [3.8, 4) is 0 Å². The Morgan fingerprint density at radius 3 is 2.82 bits per heavy atom. The van der Waals surface area contributed by atoms with Gasteiger partial charge in [0.15, 0.2) is 11.0 Å². The third-order valence-corrected chi connectivity index (χ3v) is 4.07. The Hall–Kier alpha value is -0.960. The van der Waals surface area contributed by atoms with Crippen LogP contribution in [0.1, 0.15) is 43.7 Å². The van der Waals surface area contributed by atoms with Gasteiger partial charge in [0.2, 0.25) is 0 Å². The average molecular weight is 256 g/mol. The molecule has 1 N–H and O–H groups in total. The zero-order valence-electron chi connectivity index (χ0n) is 10.2. The summed E-state index contributed by atoms with van der Waals surface area (Å²) in [7, 11) is 0. The van der Waals surface area contributed by atoms with Gasteiger partial charge in [-0.3, -0.25) is 4.79 Å². The molecule has 0 radical (unpaired) electrons. The molecule has 1 aromatic rings. The minimum atomic E-state index is -0.162. The Labute approximate surface area is 107 Å². The van der Waals surface area contributed by atoms with E-state index in [0.717, 1.165) is 12.3 Å². The van der Waals surface area contributed by atoms with Crippen LogP contribution in [-0.4, -0.2) is 11.9 Å². The van der Waals surface area contributed by atoms with Gasteiger partial charge in [0.05, 0.1) is 0 Å². The van der Waals surface area contributed by atoms with E-state index in [1.54, 1.807) is 12.1 Å². The molecule has 0 spiro atoms. The van der Waals surface area contributed by atoms with Crippen molar-refractivity contribution in [2.45, 2.75) is 39.2 Å². The third-order valence-electron chi connectivity index (χ3n) is 3.86. The maximum absolute atomic E-state index is 11.9. The summed E-state index contributed by atoms with van der Waals surface area (Å²) in [5.74, 6) is 1.39. The molecule has 17 heavy (non-hydrogen) atoms. The molecule has 2 rings (SSSR count). The second-order valence-electron chi connectivity index (χ2n) is 4.79. The molecule has 1 aromatic heterocycles. The minimum absolute atomic E-state index is 0.162. The monoisotopic (exact) mass is 255 g/mol. The topological polar surface area (TPSA) is 42.2 Å². The summed E-state index contributed by atoms with van der Waals surface area (Å²) in [4.78, 5) is 11.9. The molecule has 0 bridgehead atoms. The molecule has 1 aliphatic rings. The van der Waals surface area contributed by atoms with Gasteiger partial charge in [0.25, 0.3) is 5.91 Å². The van der Waals surface area contributed by atoms with E-state index >= 15 is 0 Å². The fraction of sp³-hybridized carbons (Fsp3) is 0.615. The van der Waals surface area contributed by atoms with Crippen LogP contribution in [-0.2, 0) is 0 Å². The molecular formula is C13H18ClNO2. The fourth-order valence-electron chi connectivity index (χ4n) is 2.70. The van der Waals surface area contributed by atoms with Gasteiger partial charge in [0.1, 0.15) is 0 Å². The molecule has 0 aliphatic heterocycles. The van der Waals surface area contributed by atoms with Gasteiger partial charge >= 0.3 is 0 Å². The SMILES string of the molecule is CCC1CCC(NC(=O)c2ccc(Cl)o2)C1C. The Kier molecular flexibility index (Phi) is 3.77. The highest BCUT2D eigenvalue weighted by atomic mass is 35.5. The van der Waals surface area contributed by atoms with Crippen LogP contribution in [0, 0.1) is 11.8 Å². The molecule has 1 heterocycles. The van der Waals surface area contributed by atoms with Gasteiger partial charge in [-0.15, -0.1) is 0 Å². The lowest BCUT2D eigenvalue weighted by Crippen LogP contribution is -2.37. The number of furan rings is 1. The number of hydrogen-bond acceptors (Lipinski definition) is 2. The molecule has 1 saturated carbocycles. The largest absolute Gasteiger partial charge is 0.440 e. The van der Waals surface area contributed by atoms with Crippen molar-refractivity contribution in [2.75, 3.05) is 0 Å². The first-order valence-electron chi connectivity index (χ1n) is 6.18. The van der Waals surface area contributed by atoms with Gasteiger partial charge in [-0.25, -0.2) is 0 Å². The summed E-state index contributed by atoms with van der Waals surface area (Å²) >= 11 is 5.65. The molecule has 94 valence electrons. The zero-order valence-corrected chi connectivity index (χ0v) is 11.0. The Morgan fingerprint density at radius 2 is 2.29 bits per heavy atom. The summed E-state index contributed by atoms with van der Waals surface area (Å²) < 4.78 is 5.10. The number of amides is 1. The van der Waals surface area contributed by atoms with Crippen LogP contribution in [0.5, 0.6) is 0 Å². The van der Waals surface area contributed by atoms with E-state index in [2.05, 4.69) is 19.2 Å². The van der Waals surface area contributed by atoms with E-state index in [0.29, 0.717) is 11.7 Å². The Balaban J connectivity index is 1.96. The van der Waals surface area contributed by atoms with Gasteiger partial charge in [-0.2, -0.15) is 0 Å². The predicted octanol–water partition coefficient (Wildman–Crippen LogP) is 3.49. The van der Waals surface area contributed by atoms with Gasteiger partial charge in [-0.05, 0) is 48.4 Å². The first-order chi connectivity index (χ1) is 8.11. The van der Waals surface area contributed by atoms with Crippen molar-refractivity contribution in [1.29, 1.82) is 0 Å². The highest BCUT2D eigenvalue weighted by Crippen LogP contribution is 2.34.